The SMILES string of the molecule is CC1(c2cccc(Br)c2)CCOCC1. The molecule has 1 aromatic rings. The number of ether oxygens (including phenoxy) is 1. The van der Waals surface area contributed by atoms with Crippen molar-refractivity contribution >= 4 is 15.9 Å². The molecule has 2 heteroatoms. The zero-order valence-electron chi connectivity index (χ0n) is 8.42. The first-order chi connectivity index (χ1) is 6.71. The van der Waals surface area contributed by atoms with E-state index in [4.69, 9.17) is 4.74 Å². The predicted molar refractivity (Wildman–Crippen MR) is 61.5 cm³/mol. The van der Waals surface area contributed by atoms with E-state index in [1.165, 1.54) is 10.0 Å². The van der Waals surface area contributed by atoms with Crippen molar-refractivity contribution in [2.75, 3.05) is 13.2 Å². The van der Waals surface area contributed by atoms with E-state index in [0.29, 0.717) is 5.41 Å². The van der Waals surface area contributed by atoms with Gasteiger partial charge < -0.3 is 4.74 Å². The standard InChI is InChI=1S/C12H15BrO/c1-12(5-7-14-8-6-12)10-3-2-4-11(13)9-10/h2-4,9H,5-8H2,1H3. The van der Waals surface area contributed by atoms with Crippen LogP contribution in [-0.2, 0) is 10.2 Å². The Morgan fingerprint density at radius 1 is 1.29 bits per heavy atom. The lowest BCUT2D eigenvalue weighted by Crippen LogP contribution is -2.30. The van der Waals surface area contributed by atoms with Gasteiger partial charge in [0.1, 0.15) is 0 Å². The molecule has 1 nitrogen and oxygen atoms in total. The highest BCUT2D eigenvalue weighted by Crippen LogP contribution is 2.35. The Hall–Kier alpha value is -0.340. The molecule has 0 atom stereocenters. The zero-order chi connectivity index (χ0) is 10.0. The summed E-state index contributed by atoms with van der Waals surface area (Å²) in [7, 11) is 0. The third kappa shape index (κ3) is 2.01. The van der Waals surface area contributed by atoms with Gasteiger partial charge in [0.2, 0.25) is 0 Å². The largest absolute Gasteiger partial charge is 0.381 e. The Morgan fingerprint density at radius 2 is 2.00 bits per heavy atom. The molecule has 76 valence electrons. The van der Waals surface area contributed by atoms with E-state index in [0.717, 1.165) is 26.1 Å². The average molecular weight is 255 g/mol. The Morgan fingerprint density at radius 3 is 2.64 bits per heavy atom. The highest BCUT2D eigenvalue weighted by molar-refractivity contribution is 9.10. The fourth-order valence-corrected chi connectivity index (χ4v) is 2.37. The fraction of sp³-hybridized carbons (Fsp3) is 0.500. The van der Waals surface area contributed by atoms with Crippen LogP contribution in [0.25, 0.3) is 0 Å². The van der Waals surface area contributed by atoms with Crippen LogP contribution in [0.3, 0.4) is 0 Å². The number of benzene rings is 1. The van der Waals surface area contributed by atoms with E-state index in [1.54, 1.807) is 0 Å². The molecule has 14 heavy (non-hydrogen) atoms. The van der Waals surface area contributed by atoms with Gasteiger partial charge in [-0.25, -0.2) is 0 Å². The van der Waals surface area contributed by atoms with Crippen molar-refractivity contribution < 1.29 is 4.74 Å². The van der Waals surface area contributed by atoms with Gasteiger partial charge in [0, 0.05) is 17.7 Å². The number of rotatable bonds is 1. The van der Waals surface area contributed by atoms with Crippen molar-refractivity contribution in [3.8, 4) is 0 Å². The molecule has 0 unspecified atom stereocenters. The minimum Gasteiger partial charge on any atom is -0.381 e. The summed E-state index contributed by atoms with van der Waals surface area (Å²) in [5, 5.41) is 0. The smallest absolute Gasteiger partial charge is 0.0474 e. The second-order valence-corrected chi connectivity index (χ2v) is 5.10. The molecule has 1 aliphatic rings. The molecule has 0 saturated carbocycles. The van der Waals surface area contributed by atoms with Crippen LogP contribution >= 0.6 is 15.9 Å². The topological polar surface area (TPSA) is 9.23 Å². The van der Waals surface area contributed by atoms with Gasteiger partial charge in [0.25, 0.3) is 0 Å². The summed E-state index contributed by atoms with van der Waals surface area (Å²) in [6.07, 6.45) is 2.26. The molecule has 0 N–H and O–H groups in total. The Bertz CT molecular complexity index is 316. The van der Waals surface area contributed by atoms with Gasteiger partial charge in [-0.15, -0.1) is 0 Å². The van der Waals surface area contributed by atoms with E-state index in [-0.39, 0.29) is 0 Å². The van der Waals surface area contributed by atoms with Crippen LogP contribution in [0.5, 0.6) is 0 Å². The van der Waals surface area contributed by atoms with Crippen LogP contribution in [-0.4, -0.2) is 13.2 Å². The molecule has 0 amide bonds. The van der Waals surface area contributed by atoms with E-state index >= 15 is 0 Å². The summed E-state index contributed by atoms with van der Waals surface area (Å²) in [5.74, 6) is 0. The van der Waals surface area contributed by atoms with Crippen molar-refractivity contribution in [2.45, 2.75) is 25.2 Å². The second-order valence-electron chi connectivity index (χ2n) is 4.18. The normalized spacial score (nSPS) is 20.7. The third-order valence-corrected chi connectivity index (χ3v) is 3.61. The van der Waals surface area contributed by atoms with Crippen molar-refractivity contribution in [1.82, 2.24) is 0 Å². The van der Waals surface area contributed by atoms with Gasteiger partial charge in [-0.2, -0.15) is 0 Å². The van der Waals surface area contributed by atoms with E-state index < -0.39 is 0 Å². The van der Waals surface area contributed by atoms with Crippen molar-refractivity contribution in [1.29, 1.82) is 0 Å². The molecular formula is C12H15BrO. The molecule has 1 heterocycles. The van der Waals surface area contributed by atoms with Gasteiger partial charge in [-0.05, 0) is 36.0 Å². The van der Waals surface area contributed by atoms with E-state index in [9.17, 15) is 0 Å². The van der Waals surface area contributed by atoms with Crippen LogP contribution in [0.2, 0.25) is 0 Å². The summed E-state index contributed by atoms with van der Waals surface area (Å²) in [4.78, 5) is 0. The first-order valence-corrected chi connectivity index (χ1v) is 5.84. The van der Waals surface area contributed by atoms with Crippen LogP contribution in [0, 0.1) is 0 Å². The summed E-state index contributed by atoms with van der Waals surface area (Å²) in [6, 6.07) is 8.63. The molecule has 1 aromatic carbocycles. The lowest BCUT2D eigenvalue weighted by atomic mass is 9.76. The molecule has 0 spiro atoms. The number of hydrogen-bond donors (Lipinski definition) is 0. The maximum Gasteiger partial charge on any atom is 0.0474 e. The first-order valence-electron chi connectivity index (χ1n) is 5.04. The highest BCUT2D eigenvalue weighted by Gasteiger charge is 2.29. The van der Waals surface area contributed by atoms with Crippen LogP contribution in [0.1, 0.15) is 25.3 Å². The van der Waals surface area contributed by atoms with Gasteiger partial charge in [0.15, 0.2) is 0 Å². The fourth-order valence-electron chi connectivity index (χ4n) is 1.97. The summed E-state index contributed by atoms with van der Waals surface area (Å²) in [6.45, 7) is 4.11. The maximum atomic E-state index is 5.40. The first kappa shape index (κ1) is 10.2. The average Bonchev–Trinajstić information content (AvgIpc) is 2.19. The summed E-state index contributed by atoms with van der Waals surface area (Å²) < 4.78 is 6.57. The van der Waals surface area contributed by atoms with Gasteiger partial charge >= 0.3 is 0 Å². The lowest BCUT2D eigenvalue weighted by molar-refractivity contribution is 0.0564. The predicted octanol–water partition coefficient (Wildman–Crippen LogP) is 3.52. The molecule has 2 rings (SSSR count). The molecular weight excluding hydrogens is 240 g/mol. The van der Waals surface area contributed by atoms with Crippen LogP contribution in [0.4, 0.5) is 0 Å². The Kier molecular flexibility index (Phi) is 2.93. The molecule has 0 radical (unpaired) electrons. The molecule has 0 aliphatic carbocycles. The minimum absolute atomic E-state index is 0.308. The summed E-state index contributed by atoms with van der Waals surface area (Å²) in [5.41, 5.74) is 1.73. The monoisotopic (exact) mass is 254 g/mol. The second kappa shape index (κ2) is 4.03. The highest BCUT2D eigenvalue weighted by atomic mass is 79.9. The molecule has 1 fully saturated rings. The molecule has 0 bridgehead atoms. The zero-order valence-corrected chi connectivity index (χ0v) is 10.0. The lowest BCUT2D eigenvalue weighted by Gasteiger charge is -2.34. The molecule has 0 aromatic heterocycles. The number of halogens is 1. The van der Waals surface area contributed by atoms with Crippen LogP contribution in [0.15, 0.2) is 28.7 Å². The van der Waals surface area contributed by atoms with Crippen molar-refractivity contribution in [3.05, 3.63) is 34.3 Å². The molecule has 1 saturated heterocycles. The number of hydrogen-bond acceptors (Lipinski definition) is 1. The van der Waals surface area contributed by atoms with E-state index in [2.05, 4.69) is 47.1 Å². The maximum absolute atomic E-state index is 5.40. The third-order valence-electron chi connectivity index (χ3n) is 3.12. The van der Waals surface area contributed by atoms with Crippen molar-refractivity contribution in [2.24, 2.45) is 0 Å². The minimum atomic E-state index is 0.308. The Balaban J connectivity index is 2.28. The molecule has 1 aliphatic heterocycles. The van der Waals surface area contributed by atoms with Crippen LogP contribution < -0.4 is 0 Å². The van der Waals surface area contributed by atoms with E-state index in [1.807, 2.05) is 0 Å². The quantitative estimate of drug-likeness (QED) is 0.746. The Labute approximate surface area is 93.6 Å². The van der Waals surface area contributed by atoms with Gasteiger partial charge in [-0.1, -0.05) is 35.0 Å². The summed E-state index contributed by atoms with van der Waals surface area (Å²) >= 11 is 3.52. The van der Waals surface area contributed by atoms with Gasteiger partial charge in [0.05, 0.1) is 0 Å². The van der Waals surface area contributed by atoms with Crippen molar-refractivity contribution in [3.63, 3.8) is 0 Å². The van der Waals surface area contributed by atoms with Gasteiger partial charge in [-0.3, -0.25) is 0 Å².